The summed E-state index contributed by atoms with van der Waals surface area (Å²) in [7, 11) is 0. The van der Waals surface area contributed by atoms with Crippen molar-refractivity contribution in [3.05, 3.63) is 48.2 Å². The fraction of sp³-hybridized carbons (Fsp3) is 0.167. The van der Waals surface area contributed by atoms with E-state index in [1.807, 2.05) is 40.9 Å². The highest BCUT2D eigenvalue weighted by Gasteiger charge is 2.19. The summed E-state index contributed by atoms with van der Waals surface area (Å²) in [6, 6.07) is 14.7. The monoisotopic (exact) mass is 319 g/mol. The number of carbonyl (C=O) groups is 1. The predicted octanol–water partition coefficient (Wildman–Crippen LogP) is 3.07. The van der Waals surface area contributed by atoms with Crippen LogP contribution in [0, 0.1) is 22.7 Å². The lowest BCUT2D eigenvalue weighted by atomic mass is 10.1. The van der Waals surface area contributed by atoms with Crippen molar-refractivity contribution < 1.29 is 14.3 Å². The third-order valence-electron chi connectivity index (χ3n) is 3.57. The molecule has 0 amide bonds. The number of aromatic nitrogens is 1. The highest BCUT2D eigenvalue weighted by Crippen LogP contribution is 2.30. The quantitative estimate of drug-likeness (QED) is 0.533. The Labute approximate surface area is 138 Å². The maximum Gasteiger partial charge on any atom is 0.341 e. The third-order valence-corrected chi connectivity index (χ3v) is 3.57. The molecular formula is C18H13N3O3. The molecule has 1 aromatic carbocycles. The van der Waals surface area contributed by atoms with E-state index < -0.39 is 5.97 Å². The number of nitrogens with zero attached hydrogens (tertiary/aromatic N) is 3. The fourth-order valence-electron chi connectivity index (χ4n) is 2.60. The number of rotatable bonds is 5. The van der Waals surface area contributed by atoms with E-state index in [2.05, 4.69) is 0 Å². The molecule has 0 aliphatic carbocycles. The van der Waals surface area contributed by atoms with Crippen LogP contribution in [0.3, 0.4) is 0 Å². The molecule has 2 heterocycles. The molecule has 0 aliphatic rings. The number of hydrogen-bond acceptors (Lipinski definition) is 5. The molecule has 6 nitrogen and oxygen atoms in total. The van der Waals surface area contributed by atoms with Gasteiger partial charge in [0.15, 0.2) is 6.61 Å². The summed E-state index contributed by atoms with van der Waals surface area (Å²) in [6.45, 7) is 0.0161. The van der Waals surface area contributed by atoms with Crippen molar-refractivity contribution in [2.45, 2.75) is 6.42 Å². The van der Waals surface area contributed by atoms with Crippen molar-refractivity contribution in [2.75, 3.05) is 13.2 Å². The molecule has 0 spiro atoms. The van der Waals surface area contributed by atoms with Gasteiger partial charge >= 0.3 is 5.97 Å². The molecule has 118 valence electrons. The Morgan fingerprint density at radius 2 is 2.00 bits per heavy atom. The molecular weight excluding hydrogens is 306 g/mol. The van der Waals surface area contributed by atoms with Crippen LogP contribution in [-0.4, -0.2) is 23.6 Å². The lowest BCUT2D eigenvalue weighted by molar-refractivity contribution is 0.0518. The molecule has 2 aromatic heterocycles. The third kappa shape index (κ3) is 2.73. The molecule has 0 bridgehead atoms. The van der Waals surface area contributed by atoms with Gasteiger partial charge in [-0.25, -0.2) is 4.79 Å². The second kappa shape index (κ2) is 6.72. The summed E-state index contributed by atoms with van der Waals surface area (Å²) in [5.41, 5.74) is 1.95. The zero-order valence-electron chi connectivity index (χ0n) is 12.7. The largest absolute Gasteiger partial charge is 0.479 e. The molecule has 0 saturated carbocycles. The van der Waals surface area contributed by atoms with Crippen molar-refractivity contribution in [1.82, 2.24) is 4.40 Å². The first-order valence-electron chi connectivity index (χ1n) is 7.33. The van der Waals surface area contributed by atoms with Gasteiger partial charge in [0.05, 0.1) is 29.1 Å². The topological polar surface area (TPSA) is 87.5 Å². The average Bonchev–Trinajstić information content (AvgIpc) is 2.94. The van der Waals surface area contributed by atoms with E-state index in [0.717, 1.165) is 10.9 Å². The fourth-order valence-corrected chi connectivity index (χ4v) is 2.60. The van der Waals surface area contributed by atoms with Gasteiger partial charge in [0.1, 0.15) is 18.4 Å². The number of esters is 1. The van der Waals surface area contributed by atoms with Gasteiger partial charge in [-0.05, 0) is 24.3 Å². The van der Waals surface area contributed by atoms with Crippen molar-refractivity contribution >= 4 is 22.4 Å². The Bertz CT molecular complexity index is 992. The Kier molecular flexibility index (Phi) is 4.31. The molecule has 0 saturated heterocycles. The maximum absolute atomic E-state index is 12.4. The number of benzene rings is 1. The summed E-state index contributed by atoms with van der Waals surface area (Å²) < 4.78 is 12.4. The minimum atomic E-state index is -0.463. The van der Waals surface area contributed by atoms with Crippen LogP contribution in [0.5, 0.6) is 5.75 Å². The zero-order valence-corrected chi connectivity index (χ0v) is 12.7. The van der Waals surface area contributed by atoms with Gasteiger partial charge < -0.3 is 13.9 Å². The van der Waals surface area contributed by atoms with Crippen LogP contribution < -0.4 is 4.74 Å². The van der Waals surface area contributed by atoms with Gasteiger partial charge in [0, 0.05) is 17.6 Å². The Balaban J connectivity index is 2.11. The first kappa shape index (κ1) is 15.4. The van der Waals surface area contributed by atoms with E-state index in [9.17, 15) is 4.79 Å². The highest BCUT2D eigenvalue weighted by molar-refractivity contribution is 6.11. The Hall–Kier alpha value is -3.51. The number of fused-ring (bicyclic) bond motifs is 3. The van der Waals surface area contributed by atoms with Gasteiger partial charge in [-0.2, -0.15) is 10.5 Å². The predicted molar refractivity (Wildman–Crippen MR) is 86.5 cm³/mol. The van der Waals surface area contributed by atoms with Crippen molar-refractivity contribution in [2.24, 2.45) is 0 Å². The van der Waals surface area contributed by atoms with Crippen LogP contribution in [0.15, 0.2) is 42.6 Å². The van der Waals surface area contributed by atoms with Crippen LogP contribution in [0.25, 0.3) is 16.4 Å². The van der Waals surface area contributed by atoms with Crippen LogP contribution in [-0.2, 0) is 4.74 Å². The van der Waals surface area contributed by atoms with Crippen molar-refractivity contribution in [3.63, 3.8) is 0 Å². The van der Waals surface area contributed by atoms with Gasteiger partial charge in [0.2, 0.25) is 0 Å². The molecule has 24 heavy (non-hydrogen) atoms. The van der Waals surface area contributed by atoms with Gasteiger partial charge in [-0.15, -0.1) is 0 Å². The van der Waals surface area contributed by atoms with Crippen LogP contribution in [0.1, 0.15) is 16.8 Å². The Morgan fingerprint density at radius 1 is 1.12 bits per heavy atom. The van der Waals surface area contributed by atoms with Gasteiger partial charge in [-0.3, -0.25) is 0 Å². The number of carbonyl (C=O) groups excluding carboxylic acids is 1. The van der Waals surface area contributed by atoms with Crippen molar-refractivity contribution in [3.8, 4) is 17.9 Å². The summed E-state index contributed by atoms with van der Waals surface area (Å²) >= 11 is 0. The summed E-state index contributed by atoms with van der Waals surface area (Å²) in [6.07, 6.45) is 2.00. The molecule has 0 aliphatic heterocycles. The van der Waals surface area contributed by atoms with E-state index in [1.54, 1.807) is 18.2 Å². The number of nitriles is 2. The Morgan fingerprint density at radius 3 is 2.79 bits per heavy atom. The molecule has 0 atom stereocenters. The number of pyridine rings is 1. The molecule has 0 unspecified atom stereocenters. The first-order valence-corrected chi connectivity index (χ1v) is 7.33. The normalized spacial score (nSPS) is 10.2. The van der Waals surface area contributed by atoms with Gasteiger partial charge in [0.25, 0.3) is 0 Å². The summed E-state index contributed by atoms with van der Waals surface area (Å²) in [5, 5.41) is 17.9. The molecule has 3 rings (SSSR count). The highest BCUT2D eigenvalue weighted by atomic mass is 16.5. The van der Waals surface area contributed by atoms with Crippen LogP contribution >= 0.6 is 0 Å². The molecule has 0 fully saturated rings. The van der Waals surface area contributed by atoms with E-state index in [-0.39, 0.29) is 19.6 Å². The molecule has 6 heteroatoms. The minimum Gasteiger partial charge on any atom is -0.479 e. The lowest BCUT2D eigenvalue weighted by Gasteiger charge is -2.03. The smallest absolute Gasteiger partial charge is 0.341 e. The summed E-state index contributed by atoms with van der Waals surface area (Å²) in [4.78, 5) is 12.4. The first-order chi connectivity index (χ1) is 11.8. The zero-order chi connectivity index (χ0) is 16.9. The number of ether oxygens (including phenoxy) is 2. The second-order valence-electron chi connectivity index (χ2n) is 5.00. The van der Waals surface area contributed by atoms with Gasteiger partial charge in [-0.1, -0.05) is 6.07 Å². The minimum absolute atomic E-state index is 0.0438. The van der Waals surface area contributed by atoms with E-state index >= 15 is 0 Å². The van der Waals surface area contributed by atoms with E-state index in [4.69, 9.17) is 20.0 Å². The van der Waals surface area contributed by atoms with Crippen LogP contribution in [0.2, 0.25) is 0 Å². The van der Waals surface area contributed by atoms with Crippen LogP contribution in [0.4, 0.5) is 0 Å². The van der Waals surface area contributed by atoms with E-state index in [0.29, 0.717) is 16.8 Å². The molecule has 0 N–H and O–H groups in total. The maximum atomic E-state index is 12.4. The second-order valence-corrected chi connectivity index (χ2v) is 5.00. The number of hydrogen-bond donors (Lipinski definition) is 0. The average molecular weight is 319 g/mol. The van der Waals surface area contributed by atoms with Crippen molar-refractivity contribution in [1.29, 1.82) is 10.5 Å². The molecule has 3 aromatic rings. The standard InChI is InChI=1S/C18H13N3O3/c19-7-3-10-24-18(22)17-14-6-5-13(23-11-8-20)12-16(14)21-9-2-1-4-15(17)21/h1-2,4-6,9,12H,3,10-11H2. The SMILES string of the molecule is N#CCCOC(=O)c1c2ccc(OCC#N)cc2n2ccccc12. The summed E-state index contributed by atoms with van der Waals surface area (Å²) in [5.74, 6) is 0.0892. The lowest BCUT2D eigenvalue weighted by Crippen LogP contribution is -2.06. The van der Waals surface area contributed by atoms with E-state index in [1.165, 1.54) is 0 Å². The molecule has 0 radical (unpaired) electrons.